The van der Waals surface area contributed by atoms with E-state index in [1.54, 1.807) is 18.6 Å². The van der Waals surface area contributed by atoms with Crippen LogP contribution in [-0.4, -0.2) is 31.3 Å². The molecule has 3 rings (SSSR count). The van der Waals surface area contributed by atoms with E-state index in [0.29, 0.717) is 16.6 Å². The summed E-state index contributed by atoms with van der Waals surface area (Å²) in [6, 6.07) is 9.83. The highest BCUT2D eigenvalue weighted by molar-refractivity contribution is 7.99. The van der Waals surface area contributed by atoms with E-state index in [9.17, 15) is 4.79 Å². The summed E-state index contributed by atoms with van der Waals surface area (Å²) in [4.78, 5) is 15.0. The average molecular weight is 312 g/mol. The number of hydrogen-bond acceptors (Lipinski definition) is 4. The molecule has 0 aliphatic rings. The Bertz CT molecular complexity index is 792. The molecule has 0 aliphatic carbocycles. The first-order valence-electron chi connectivity index (χ1n) is 6.92. The van der Waals surface area contributed by atoms with Gasteiger partial charge >= 0.3 is 0 Å². The molecule has 0 saturated carbocycles. The zero-order chi connectivity index (χ0) is 15.5. The van der Waals surface area contributed by atoms with Gasteiger partial charge in [0, 0.05) is 6.20 Å². The Morgan fingerprint density at radius 2 is 2.18 bits per heavy atom. The van der Waals surface area contributed by atoms with E-state index in [1.165, 1.54) is 17.3 Å². The number of thioether (sulfide) groups is 1. The first-order chi connectivity index (χ1) is 10.6. The predicted octanol–water partition coefficient (Wildman–Crippen LogP) is 3.19. The number of carbonyl (C=O) groups excluding carboxylic acids is 1. The Hall–Kier alpha value is -2.34. The fourth-order valence-corrected chi connectivity index (χ4v) is 2.98. The lowest BCUT2D eigenvalue weighted by molar-refractivity contribution is 0.101. The zero-order valence-corrected chi connectivity index (χ0v) is 13.2. The van der Waals surface area contributed by atoms with Gasteiger partial charge in [0.2, 0.25) is 0 Å². The quantitative estimate of drug-likeness (QED) is 0.580. The van der Waals surface area contributed by atoms with Crippen molar-refractivity contribution in [1.82, 2.24) is 19.7 Å². The van der Waals surface area contributed by atoms with Gasteiger partial charge in [-0.3, -0.25) is 9.36 Å². The Balaban J connectivity index is 1.81. The third-order valence-corrected chi connectivity index (χ3v) is 4.31. The van der Waals surface area contributed by atoms with Gasteiger partial charge in [0.25, 0.3) is 0 Å². The topological polar surface area (TPSA) is 63.6 Å². The first kappa shape index (κ1) is 14.6. The van der Waals surface area contributed by atoms with Crippen LogP contribution in [0.5, 0.6) is 0 Å². The van der Waals surface area contributed by atoms with Gasteiger partial charge in [-0.1, -0.05) is 23.9 Å². The van der Waals surface area contributed by atoms with E-state index in [1.807, 2.05) is 17.6 Å². The molecule has 0 unspecified atom stereocenters. The first-order valence-corrected chi connectivity index (χ1v) is 7.91. The lowest BCUT2D eigenvalue weighted by atomic mass is 10.1. The van der Waals surface area contributed by atoms with Crippen LogP contribution in [0.25, 0.3) is 5.69 Å². The molecular formula is C16H16N4OS. The van der Waals surface area contributed by atoms with Crippen LogP contribution in [0.1, 0.15) is 21.6 Å². The molecular weight excluding hydrogens is 296 g/mol. The molecule has 0 atom stereocenters. The Morgan fingerprint density at radius 3 is 2.95 bits per heavy atom. The number of aromatic amines is 1. The molecule has 22 heavy (non-hydrogen) atoms. The van der Waals surface area contributed by atoms with Gasteiger partial charge in [-0.2, -0.15) is 0 Å². The van der Waals surface area contributed by atoms with Crippen molar-refractivity contribution in [2.24, 2.45) is 0 Å². The molecule has 1 aromatic carbocycles. The van der Waals surface area contributed by atoms with E-state index in [2.05, 4.69) is 40.3 Å². The minimum absolute atomic E-state index is 0.0468. The average Bonchev–Trinajstić information content (AvgIpc) is 3.18. The van der Waals surface area contributed by atoms with Crippen LogP contribution in [0.4, 0.5) is 0 Å². The highest BCUT2D eigenvalue weighted by Gasteiger charge is 2.13. The minimum atomic E-state index is 0.0468. The predicted molar refractivity (Wildman–Crippen MR) is 86.7 cm³/mol. The third kappa shape index (κ3) is 2.96. The summed E-state index contributed by atoms with van der Waals surface area (Å²) >= 11 is 1.39. The molecule has 0 aliphatic heterocycles. The number of ketones is 1. The zero-order valence-electron chi connectivity index (χ0n) is 12.4. The van der Waals surface area contributed by atoms with Crippen LogP contribution in [0.2, 0.25) is 0 Å². The number of rotatable bonds is 5. The Kier molecular flexibility index (Phi) is 4.11. The molecule has 112 valence electrons. The molecule has 1 N–H and O–H groups in total. The van der Waals surface area contributed by atoms with E-state index < -0.39 is 0 Å². The molecule has 2 aromatic heterocycles. The maximum absolute atomic E-state index is 12.1. The molecule has 0 saturated heterocycles. The summed E-state index contributed by atoms with van der Waals surface area (Å²) < 4.78 is 1.93. The minimum Gasteiger partial charge on any atom is -0.359 e. The Morgan fingerprint density at radius 1 is 1.32 bits per heavy atom. The number of aryl methyl sites for hydroxylation is 2. The number of nitrogens with zero attached hydrogens (tertiary/aromatic N) is 3. The normalized spacial score (nSPS) is 10.8. The van der Waals surface area contributed by atoms with Gasteiger partial charge < -0.3 is 4.98 Å². The van der Waals surface area contributed by atoms with Gasteiger partial charge in [0.05, 0.1) is 17.1 Å². The van der Waals surface area contributed by atoms with Gasteiger partial charge in [-0.25, -0.2) is 0 Å². The second kappa shape index (κ2) is 6.19. The number of Topliss-reactive ketones (excluding diaryl/α,β-unsaturated/α-hetero) is 1. The number of nitrogens with one attached hydrogen (secondary N) is 1. The van der Waals surface area contributed by atoms with E-state index in [-0.39, 0.29) is 5.78 Å². The van der Waals surface area contributed by atoms with Crippen molar-refractivity contribution in [2.45, 2.75) is 19.0 Å². The van der Waals surface area contributed by atoms with Crippen LogP contribution in [0.3, 0.4) is 0 Å². The third-order valence-electron chi connectivity index (χ3n) is 3.37. The Labute approximate surface area is 132 Å². The molecule has 0 fully saturated rings. The van der Waals surface area contributed by atoms with Crippen molar-refractivity contribution < 1.29 is 4.79 Å². The molecule has 0 radical (unpaired) electrons. The summed E-state index contributed by atoms with van der Waals surface area (Å²) in [6.07, 6.45) is 3.43. The summed E-state index contributed by atoms with van der Waals surface area (Å²) in [5, 5.41) is 8.83. The van der Waals surface area contributed by atoms with Crippen LogP contribution in [-0.2, 0) is 0 Å². The summed E-state index contributed by atoms with van der Waals surface area (Å²) in [6.45, 7) is 4.10. The second-order valence-corrected chi connectivity index (χ2v) is 6.01. The lowest BCUT2D eigenvalue weighted by Gasteiger charge is -2.10. The number of carbonyl (C=O) groups is 1. The van der Waals surface area contributed by atoms with Crippen molar-refractivity contribution >= 4 is 17.5 Å². The number of H-pyrrole nitrogens is 1. The van der Waals surface area contributed by atoms with E-state index in [4.69, 9.17) is 0 Å². The van der Waals surface area contributed by atoms with Crippen molar-refractivity contribution in [3.63, 3.8) is 0 Å². The lowest BCUT2D eigenvalue weighted by Crippen LogP contribution is -2.05. The van der Waals surface area contributed by atoms with Crippen LogP contribution in [0, 0.1) is 13.8 Å². The van der Waals surface area contributed by atoms with E-state index in [0.717, 1.165) is 11.3 Å². The fourth-order valence-electron chi connectivity index (χ4n) is 2.18. The molecule has 0 amide bonds. The molecule has 2 heterocycles. The van der Waals surface area contributed by atoms with Crippen LogP contribution in [0.15, 0.2) is 48.0 Å². The van der Waals surface area contributed by atoms with Crippen molar-refractivity contribution in [2.75, 3.05) is 5.75 Å². The van der Waals surface area contributed by atoms with Crippen molar-refractivity contribution in [1.29, 1.82) is 0 Å². The number of benzene rings is 1. The van der Waals surface area contributed by atoms with Crippen LogP contribution >= 0.6 is 11.8 Å². The molecule has 0 spiro atoms. The van der Waals surface area contributed by atoms with Crippen molar-refractivity contribution in [3.05, 3.63) is 59.7 Å². The van der Waals surface area contributed by atoms with Crippen LogP contribution < -0.4 is 0 Å². The maximum atomic E-state index is 12.1. The van der Waals surface area contributed by atoms with Gasteiger partial charge in [0.1, 0.15) is 6.33 Å². The fraction of sp³-hybridized carbons (Fsp3) is 0.188. The smallest absolute Gasteiger partial charge is 0.196 e. The highest BCUT2D eigenvalue weighted by Crippen LogP contribution is 2.23. The summed E-state index contributed by atoms with van der Waals surface area (Å²) in [7, 11) is 0. The van der Waals surface area contributed by atoms with E-state index >= 15 is 0 Å². The monoisotopic (exact) mass is 312 g/mol. The molecule has 6 heteroatoms. The molecule has 5 nitrogen and oxygen atoms in total. The number of hydrogen-bond donors (Lipinski definition) is 1. The summed E-state index contributed by atoms with van der Waals surface area (Å²) in [5.41, 5.74) is 3.97. The summed E-state index contributed by atoms with van der Waals surface area (Å²) in [5.74, 6) is 0.370. The van der Waals surface area contributed by atoms with Gasteiger partial charge in [0.15, 0.2) is 10.9 Å². The standard InChI is InChI=1S/C16H16N4OS/c1-11-5-6-12(2)14(8-11)20-10-18-19-16(20)22-9-15(21)13-4-3-7-17-13/h3-8,10,17H,9H2,1-2H3. The van der Waals surface area contributed by atoms with Crippen molar-refractivity contribution in [3.8, 4) is 5.69 Å². The van der Waals surface area contributed by atoms with Gasteiger partial charge in [-0.15, -0.1) is 10.2 Å². The van der Waals surface area contributed by atoms with Gasteiger partial charge in [-0.05, 0) is 43.2 Å². The second-order valence-electron chi connectivity index (χ2n) is 5.07. The maximum Gasteiger partial charge on any atom is 0.196 e. The highest BCUT2D eigenvalue weighted by atomic mass is 32.2. The molecule has 3 aromatic rings. The number of aromatic nitrogens is 4. The SMILES string of the molecule is Cc1ccc(C)c(-n2cnnc2SCC(=O)c2ccc[nH]2)c1. The molecule has 0 bridgehead atoms. The largest absolute Gasteiger partial charge is 0.359 e.